The number of benzene rings is 2. The van der Waals surface area contributed by atoms with Crippen LogP contribution in [0.3, 0.4) is 0 Å². The number of nitrogens with one attached hydrogen (secondary N) is 1. The van der Waals surface area contributed by atoms with E-state index in [0.29, 0.717) is 16.7 Å². The van der Waals surface area contributed by atoms with E-state index in [0.717, 1.165) is 22.6 Å². The summed E-state index contributed by atoms with van der Waals surface area (Å²) in [6.45, 7) is 0. The molecule has 2 aliphatic rings. The van der Waals surface area contributed by atoms with Gasteiger partial charge in [-0.05, 0) is 36.2 Å². The quantitative estimate of drug-likeness (QED) is 0.844. The summed E-state index contributed by atoms with van der Waals surface area (Å²) in [6.07, 6.45) is 0.860. The first kappa shape index (κ1) is 15.9. The molecule has 0 unspecified atom stereocenters. The summed E-state index contributed by atoms with van der Waals surface area (Å²) in [5.41, 5.74) is 2.16. The number of carbonyl (C=O) groups is 3. The van der Waals surface area contributed by atoms with E-state index in [1.807, 2.05) is 18.2 Å². The fourth-order valence-corrected chi connectivity index (χ4v) is 4.36. The Kier molecular flexibility index (Phi) is 3.84. The number of nitrogens with zero attached hydrogens (tertiary/aromatic N) is 1. The van der Waals surface area contributed by atoms with Crippen LogP contribution in [0.2, 0.25) is 0 Å². The van der Waals surface area contributed by atoms with E-state index in [2.05, 4.69) is 11.4 Å². The van der Waals surface area contributed by atoms with Gasteiger partial charge in [0.1, 0.15) is 0 Å². The Hall–Kier alpha value is -2.60. The zero-order valence-electron chi connectivity index (χ0n) is 13.6. The van der Waals surface area contributed by atoms with Crippen molar-refractivity contribution >= 4 is 29.5 Å². The molecule has 0 radical (unpaired) electrons. The third-order valence-corrected chi connectivity index (χ3v) is 5.74. The summed E-state index contributed by atoms with van der Waals surface area (Å²) in [5.74, 6) is 0.0211. The first-order valence-corrected chi connectivity index (χ1v) is 9.04. The van der Waals surface area contributed by atoms with Gasteiger partial charge in [-0.2, -0.15) is 0 Å². The van der Waals surface area contributed by atoms with Crippen LogP contribution in [0, 0.1) is 0 Å². The molecule has 0 spiro atoms. The number of hydrogen-bond acceptors (Lipinski definition) is 4. The highest BCUT2D eigenvalue weighted by molar-refractivity contribution is 7.99. The Morgan fingerprint density at radius 3 is 2.72 bits per heavy atom. The molecule has 0 saturated carbocycles. The Bertz CT molecular complexity index is 909. The van der Waals surface area contributed by atoms with Crippen molar-refractivity contribution in [2.75, 3.05) is 12.8 Å². The monoisotopic (exact) mass is 352 g/mol. The Balaban J connectivity index is 1.60. The van der Waals surface area contributed by atoms with Crippen LogP contribution in [0.4, 0.5) is 0 Å². The van der Waals surface area contributed by atoms with Crippen molar-refractivity contribution in [3.63, 3.8) is 0 Å². The number of amides is 3. The Morgan fingerprint density at radius 2 is 1.88 bits per heavy atom. The summed E-state index contributed by atoms with van der Waals surface area (Å²) in [6, 6.07) is 12.7. The average molecular weight is 352 g/mol. The van der Waals surface area contributed by atoms with E-state index in [4.69, 9.17) is 0 Å². The predicted octanol–water partition coefficient (Wildman–Crippen LogP) is 2.88. The van der Waals surface area contributed by atoms with Gasteiger partial charge in [-0.3, -0.25) is 19.3 Å². The second-order valence-electron chi connectivity index (χ2n) is 6.13. The lowest BCUT2D eigenvalue weighted by Gasteiger charge is -2.26. The van der Waals surface area contributed by atoms with Crippen LogP contribution in [0.15, 0.2) is 47.4 Å². The maximum absolute atomic E-state index is 12.7. The summed E-state index contributed by atoms with van der Waals surface area (Å²) in [7, 11) is 1.45. The molecule has 0 saturated heterocycles. The van der Waals surface area contributed by atoms with E-state index in [-0.39, 0.29) is 23.8 Å². The molecule has 2 aromatic rings. The van der Waals surface area contributed by atoms with Gasteiger partial charge in [0.15, 0.2) is 0 Å². The highest BCUT2D eigenvalue weighted by Crippen LogP contribution is 2.36. The first-order valence-electron chi connectivity index (χ1n) is 8.05. The number of thioether (sulfide) groups is 1. The minimum Gasteiger partial charge on any atom is -0.345 e. The van der Waals surface area contributed by atoms with Crippen LogP contribution in [0.1, 0.15) is 49.1 Å². The second-order valence-corrected chi connectivity index (χ2v) is 7.27. The zero-order valence-corrected chi connectivity index (χ0v) is 14.4. The third-order valence-electron chi connectivity index (χ3n) is 4.62. The summed E-state index contributed by atoms with van der Waals surface area (Å²) < 4.78 is 0. The van der Waals surface area contributed by atoms with Crippen LogP contribution < -0.4 is 5.32 Å². The number of rotatable bonds is 2. The van der Waals surface area contributed by atoms with Gasteiger partial charge in [-0.1, -0.05) is 18.2 Å². The summed E-state index contributed by atoms with van der Waals surface area (Å²) in [5, 5.41) is 3.06. The van der Waals surface area contributed by atoms with Crippen LogP contribution in [0.25, 0.3) is 0 Å². The molecule has 5 nitrogen and oxygen atoms in total. The Labute approximate surface area is 149 Å². The van der Waals surface area contributed by atoms with Crippen LogP contribution in [-0.2, 0) is 0 Å². The molecule has 0 aromatic heterocycles. The smallest absolute Gasteiger partial charge is 0.261 e. The molecule has 25 heavy (non-hydrogen) atoms. The molecule has 4 rings (SSSR count). The van der Waals surface area contributed by atoms with Gasteiger partial charge in [0.2, 0.25) is 0 Å². The molecule has 1 atom stereocenters. The highest BCUT2D eigenvalue weighted by atomic mass is 32.2. The molecule has 2 aliphatic heterocycles. The van der Waals surface area contributed by atoms with E-state index in [9.17, 15) is 14.4 Å². The lowest BCUT2D eigenvalue weighted by atomic mass is 10.0. The predicted molar refractivity (Wildman–Crippen MR) is 94.9 cm³/mol. The summed E-state index contributed by atoms with van der Waals surface area (Å²) in [4.78, 5) is 39.0. The van der Waals surface area contributed by atoms with Crippen molar-refractivity contribution in [1.29, 1.82) is 0 Å². The number of hydrogen-bond donors (Lipinski definition) is 1. The van der Waals surface area contributed by atoms with Crippen molar-refractivity contribution in [3.05, 3.63) is 64.7 Å². The van der Waals surface area contributed by atoms with Crippen LogP contribution >= 0.6 is 11.8 Å². The second kappa shape index (κ2) is 6.04. The maximum Gasteiger partial charge on any atom is 0.261 e. The van der Waals surface area contributed by atoms with Gasteiger partial charge in [0.05, 0.1) is 17.2 Å². The number of fused-ring (bicyclic) bond motifs is 2. The molecular formula is C19H16N2O3S. The topological polar surface area (TPSA) is 66.5 Å². The molecule has 2 aromatic carbocycles. The largest absolute Gasteiger partial charge is 0.345 e. The minimum atomic E-state index is -0.367. The van der Waals surface area contributed by atoms with Gasteiger partial charge in [0, 0.05) is 23.3 Å². The van der Waals surface area contributed by atoms with Crippen LogP contribution in [0.5, 0.6) is 0 Å². The minimum absolute atomic E-state index is 0.0433. The molecule has 0 fully saturated rings. The van der Waals surface area contributed by atoms with E-state index >= 15 is 0 Å². The lowest BCUT2D eigenvalue weighted by molar-refractivity contribution is 0.0693. The van der Waals surface area contributed by atoms with Gasteiger partial charge >= 0.3 is 0 Å². The summed E-state index contributed by atoms with van der Waals surface area (Å²) >= 11 is 1.79. The lowest BCUT2D eigenvalue weighted by Crippen LogP contribution is -2.30. The normalized spacial score (nSPS) is 18.8. The molecule has 6 heteroatoms. The fourth-order valence-electron chi connectivity index (χ4n) is 3.24. The third kappa shape index (κ3) is 2.62. The van der Waals surface area contributed by atoms with Crippen molar-refractivity contribution in [2.24, 2.45) is 0 Å². The first-order chi connectivity index (χ1) is 12.1. The zero-order chi connectivity index (χ0) is 17.6. The molecule has 0 aliphatic carbocycles. The SMILES string of the molecule is CN1C(=O)c2ccc(C(=O)N[C@H]3CCSc4ccccc43)cc2C1=O. The molecular weight excluding hydrogens is 336 g/mol. The molecule has 126 valence electrons. The number of carbonyl (C=O) groups excluding carboxylic acids is 3. The Morgan fingerprint density at radius 1 is 1.12 bits per heavy atom. The van der Waals surface area contributed by atoms with E-state index in [1.165, 1.54) is 18.0 Å². The molecule has 1 N–H and O–H groups in total. The molecule has 3 amide bonds. The van der Waals surface area contributed by atoms with E-state index < -0.39 is 0 Å². The van der Waals surface area contributed by atoms with Gasteiger partial charge < -0.3 is 5.32 Å². The van der Waals surface area contributed by atoms with Gasteiger partial charge in [-0.25, -0.2) is 0 Å². The van der Waals surface area contributed by atoms with Crippen molar-refractivity contribution in [1.82, 2.24) is 10.2 Å². The van der Waals surface area contributed by atoms with Gasteiger partial charge in [-0.15, -0.1) is 11.8 Å². The molecule has 0 bridgehead atoms. The molecule has 2 heterocycles. The van der Waals surface area contributed by atoms with Crippen molar-refractivity contribution in [3.8, 4) is 0 Å². The standard InChI is InChI=1S/C19H16N2O3S/c1-21-18(23)12-7-6-11(10-14(12)19(21)24)17(22)20-15-8-9-25-16-5-3-2-4-13(15)16/h2-7,10,15H,8-9H2,1H3,(H,20,22)/t15-/m0/s1. The van der Waals surface area contributed by atoms with Crippen molar-refractivity contribution < 1.29 is 14.4 Å². The highest BCUT2D eigenvalue weighted by Gasteiger charge is 2.33. The average Bonchev–Trinajstić information content (AvgIpc) is 2.86. The number of imide groups is 1. The van der Waals surface area contributed by atoms with Gasteiger partial charge in [0.25, 0.3) is 17.7 Å². The van der Waals surface area contributed by atoms with E-state index in [1.54, 1.807) is 23.9 Å². The van der Waals surface area contributed by atoms with Crippen molar-refractivity contribution in [2.45, 2.75) is 17.4 Å². The van der Waals surface area contributed by atoms with Crippen LogP contribution in [-0.4, -0.2) is 35.4 Å². The fraction of sp³-hybridized carbons (Fsp3) is 0.211. The maximum atomic E-state index is 12.7.